The molecular weight excluding hydrogens is 226 g/mol. The van der Waals surface area contributed by atoms with E-state index in [1.165, 1.54) is 11.5 Å². The maximum absolute atomic E-state index is 8.66. The van der Waals surface area contributed by atoms with Gasteiger partial charge in [-0.15, -0.1) is 0 Å². The van der Waals surface area contributed by atoms with Crippen molar-refractivity contribution < 1.29 is 9.84 Å². The molecule has 16 heavy (non-hydrogen) atoms. The largest absolute Gasteiger partial charge is 0.484 e. The van der Waals surface area contributed by atoms with Crippen LogP contribution < -0.4 is 15.8 Å². The van der Waals surface area contributed by atoms with Crippen LogP contribution in [0, 0.1) is 0 Å². The van der Waals surface area contributed by atoms with Gasteiger partial charge in [0.1, 0.15) is 0 Å². The van der Waals surface area contributed by atoms with Crippen molar-refractivity contribution in [3.8, 4) is 5.75 Å². The van der Waals surface area contributed by atoms with Crippen LogP contribution in [-0.2, 0) is 0 Å². The Kier molecular flexibility index (Phi) is 5.34. The fraction of sp³-hybridized carbons (Fsp3) is 0.700. The molecule has 0 unspecified atom stereocenters. The quantitative estimate of drug-likeness (QED) is 0.637. The van der Waals surface area contributed by atoms with E-state index in [9.17, 15) is 0 Å². The lowest BCUT2D eigenvalue weighted by atomic mass is 10.3. The van der Waals surface area contributed by atoms with E-state index in [0.717, 1.165) is 24.4 Å². The van der Waals surface area contributed by atoms with E-state index >= 15 is 0 Å². The number of hydrogen-bond acceptors (Lipinski definition) is 6. The molecule has 0 atom stereocenters. The predicted octanol–water partition coefficient (Wildman–Crippen LogP) is 1.70. The molecule has 1 aromatic heterocycles. The van der Waals surface area contributed by atoms with Crippen LogP contribution in [0.2, 0.25) is 0 Å². The van der Waals surface area contributed by atoms with E-state index in [0.29, 0.717) is 11.6 Å². The Labute approximate surface area is 99.8 Å². The van der Waals surface area contributed by atoms with E-state index < -0.39 is 0 Å². The first-order chi connectivity index (χ1) is 7.65. The van der Waals surface area contributed by atoms with Gasteiger partial charge in [0.05, 0.1) is 6.10 Å². The summed E-state index contributed by atoms with van der Waals surface area (Å²) in [6.45, 7) is 4.91. The van der Waals surface area contributed by atoms with Crippen molar-refractivity contribution in [2.24, 2.45) is 0 Å². The minimum atomic E-state index is 0.0803. The van der Waals surface area contributed by atoms with Crippen molar-refractivity contribution in [1.82, 2.24) is 4.37 Å². The average Bonchev–Trinajstić information content (AvgIpc) is 2.56. The monoisotopic (exact) mass is 245 g/mol. The molecule has 0 aliphatic carbocycles. The Morgan fingerprint density at radius 1 is 1.50 bits per heavy atom. The lowest BCUT2D eigenvalue weighted by Gasteiger charge is -2.11. The van der Waals surface area contributed by atoms with Gasteiger partial charge in [0, 0.05) is 13.2 Å². The van der Waals surface area contributed by atoms with Gasteiger partial charge < -0.3 is 20.9 Å². The van der Waals surface area contributed by atoms with Crippen LogP contribution in [0.5, 0.6) is 5.75 Å². The number of nitrogens with two attached hydrogens (primary N) is 1. The second-order valence-electron chi connectivity index (χ2n) is 3.75. The van der Waals surface area contributed by atoms with Crippen molar-refractivity contribution in [3.05, 3.63) is 0 Å². The summed E-state index contributed by atoms with van der Waals surface area (Å²) in [5.74, 6) is 1.08. The number of nitrogens with one attached hydrogen (secondary N) is 1. The van der Waals surface area contributed by atoms with Crippen molar-refractivity contribution >= 4 is 22.4 Å². The molecule has 0 aliphatic rings. The molecule has 0 radical (unpaired) electrons. The van der Waals surface area contributed by atoms with Crippen LogP contribution in [0.3, 0.4) is 0 Å². The molecule has 1 rings (SSSR count). The summed E-state index contributed by atoms with van der Waals surface area (Å²) in [4.78, 5) is 0. The minimum Gasteiger partial charge on any atom is -0.484 e. The Morgan fingerprint density at radius 2 is 2.25 bits per heavy atom. The molecule has 6 heteroatoms. The van der Waals surface area contributed by atoms with Gasteiger partial charge in [0.15, 0.2) is 16.6 Å². The molecule has 0 fully saturated rings. The van der Waals surface area contributed by atoms with Crippen LogP contribution in [0.1, 0.15) is 26.7 Å². The summed E-state index contributed by atoms with van der Waals surface area (Å²) in [6, 6.07) is 0. The van der Waals surface area contributed by atoms with Crippen molar-refractivity contribution in [2.45, 2.75) is 32.8 Å². The second-order valence-corrected chi connectivity index (χ2v) is 4.52. The molecule has 5 nitrogen and oxygen atoms in total. The number of anilines is 2. The van der Waals surface area contributed by atoms with Crippen LogP contribution >= 0.6 is 11.5 Å². The van der Waals surface area contributed by atoms with E-state index in [-0.39, 0.29) is 12.7 Å². The number of aliphatic hydroxyl groups excluding tert-OH is 1. The van der Waals surface area contributed by atoms with E-state index in [1.807, 2.05) is 13.8 Å². The second kappa shape index (κ2) is 6.55. The molecular formula is C10H19N3O2S. The molecule has 1 aromatic rings. The van der Waals surface area contributed by atoms with Gasteiger partial charge in [0.2, 0.25) is 0 Å². The van der Waals surface area contributed by atoms with Crippen molar-refractivity contribution in [2.75, 3.05) is 24.2 Å². The highest BCUT2D eigenvalue weighted by Crippen LogP contribution is 2.35. The maximum atomic E-state index is 8.66. The number of aromatic nitrogens is 1. The third-order valence-corrected chi connectivity index (χ3v) is 2.70. The van der Waals surface area contributed by atoms with Gasteiger partial charge in [-0.3, -0.25) is 0 Å². The standard InChI is InChI=1S/C10H19N3O2S/c1-7(2)15-8-9(11)13-16-10(8)12-5-3-4-6-14/h7,12,14H,3-6H2,1-2H3,(H2,11,13). The number of unbranched alkanes of at least 4 members (excludes halogenated alkanes) is 1. The molecule has 92 valence electrons. The maximum Gasteiger partial charge on any atom is 0.197 e. The number of nitrogen functional groups attached to an aromatic ring is 1. The predicted molar refractivity (Wildman–Crippen MR) is 67.1 cm³/mol. The van der Waals surface area contributed by atoms with Gasteiger partial charge in [0.25, 0.3) is 0 Å². The molecule has 0 saturated carbocycles. The first-order valence-electron chi connectivity index (χ1n) is 5.41. The van der Waals surface area contributed by atoms with Crippen molar-refractivity contribution in [1.29, 1.82) is 0 Å². The van der Waals surface area contributed by atoms with Crippen LogP contribution in [-0.4, -0.2) is 28.7 Å². The molecule has 4 N–H and O–H groups in total. The molecule has 0 aliphatic heterocycles. The lowest BCUT2D eigenvalue weighted by molar-refractivity contribution is 0.245. The summed E-state index contributed by atoms with van der Waals surface area (Å²) in [7, 11) is 0. The molecule has 0 bridgehead atoms. The third-order valence-electron chi connectivity index (χ3n) is 1.90. The summed E-state index contributed by atoms with van der Waals surface area (Å²) in [6.07, 6.45) is 1.79. The summed E-state index contributed by atoms with van der Waals surface area (Å²) in [5.41, 5.74) is 5.71. The Bertz CT molecular complexity index is 315. The average molecular weight is 245 g/mol. The Balaban J connectivity index is 2.51. The normalized spacial score (nSPS) is 10.8. The van der Waals surface area contributed by atoms with Crippen LogP contribution in [0.25, 0.3) is 0 Å². The highest BCUT2D eigenvalue weighted by atomic mass is 32.1. The molecule has 0 saturated heterocycles. The Hall–Kier alpha value is -1.01. The van der Waals surface area contributed by atoms with Gasteiger partial charge in [-0.2, -0.15) is 4.37 Å². The number of aliphatic hydroxyl groups is 1. The summed E-state index contributed by atoms with van der Waals surface area (Å²) >= 11 is 1.30. The zero-order valence-corrected chi connectivity index (χ0v) is 10.5. The zero-order valence-electron chi connectivity index (χ0n) is 9.69. The molecule has 0 aromatic carbocycles. The number of ether oxygens (including phenoxy) is 1. The first kappa shape index (κ1) is 13.1. The SMILES string of the molecule is CC(C)Oc1c(N)nsc1NCCCCO. The van der Waals surface area contributed by atoms with Crippen LogP contribution in [0.15, 0.2) is 0 Å². The first-order valence-corrected chi connectivity index (χ1v) is 6.19. The van der Waals surface area contributed by atoms with E-state index in [4.69, 9.17) is 15.6 Å². The van der Waals surface area contributed by atoms with Crippen molar-refractivity contribution in [3.63, 3.8) is 0 Å². The summed E-state index contributed by atoms with van der Waals surface area (Å²) in [5, 5.41) is 12.7. The minimum absolute atomic E-state index is 0.0803. The van der Waals surface area contributed by atoms with Gasteiger partial charge in [-0.05, 0) is 38.2 Å². The summed E-state index contributed by atoms with van der Waals surface area (Å²) < 4.78 is 9.64. The van der Waals surface area contributed by atoms with Gasteiger partial charge >= 0.3 is 0 Å². The van der Waals surface area contributed by atoms with Gasteiger partial charge in [-0.25, -0.2) is 0 Å². The fourth-order valence-electron chi connectivity index (χ4n) is 1.19. The van der Waals surface area contributed by atoms with E-state index in [2.05, 4.69) is 9.69 Å². The van der Waals surface area contributed by atoms with E-state index in [1.54, 1.807) is 0 Å². The molecule has 0 amide bonds. The fourth-order valence-corrected chi connectivity index (χ4v) is 1.87. The Morgan fingerprint density at radius 3 is 2.88 bits per heavy atom. The number of nitrogens with zero attached hydrogens (tertiary/aromatic N) is 1. The molecule has 1 heterocycles. The zero-order chi connectivity index (χ0) is 12.0. The third kappa shape index (κ3) is 3.86. The number of rotatable bonds is 7. The number of hydrogen-bond donors (Lipinski definition) is 3. The topological polar surface area (TPSA) is 80.4 Å². The van der Waals surface area contributed by atoms with Crippen LogP contribution in [0.4, 0.5) is 10.8 Å². The smallest absolute Gasteiger partial charge is 0.197 e. The molecule has 0 spiro atoms. The highest BCUT2D eigenvalue weighted by molar-refractivity contribution is 7.11. The van der Waals surface area contributed by atoms with Gasteiger partial charge in [-0.1, -0.05) is 0 Å². The highest BCUT2D eigenvalue weighted by Gasteiger charge is 2.13. The lowest BCUT2D eigenvalue weighted by Crippen LogP contribution is -2.09.